The molecule has 0 radical (unpaired) electrons. The summed E-state index contributed by atoms with van der Waals surface area (Å²) in [5.74, 6) is 1.17. The Morgan fingerprint density at radius 1 is 1.25 bits per heavy atom. The van der Waals surface area contributed by atoms with Crippen LogP contribution < -0.4 is 14.8 Å². The average Bonchev–Trinajstić information content (AvgIpc) is 3.12. The van der Waals surface area contributed by atoms with Gasteiger partial charge < -0.3 is 14.8 Å². The zero-order valence-electron chi connectivity index (χ0n) is 8.86. The van der Waals surface area contributed by atoms with E-state index in [1.807, 2.05) is 12.1 Å². The van der Waals surface area contributed by atoms with Gasteiger partial charge in [-0.05, 0) is 25.0 Å². The molecule has 1 amide bonds. The molecule has 0 bridgehead atoms. The van der Waals surface area contributed by atoms with Gasteiger partial charge in [0.1, 0.15) is 13.2 Å². The molecule has 3 rings (SSSR count). The molecule has 4 heteroatoms. The summed E-state index contributed by atoms with van der Waals surface area (Å²) in [6, 6.07) is 5.76. The molecule has 84 valence electrons. The molecule has 1 aromatic carbocycles. The number of fused-ring (bicyclic) bond motifs is 1. The molecule has 0 aromatic heterocycles. The van der Waals surface area contributed by atoms with Crippen LogP contribution in [0.2, 0.25) is 0 Å². The lowest BCUT2D eigenvalue weighted by molar-refractivity contribution is 0.0940. The summed E-state index contributed by atoms with van der Waals surface area (Å²) in [4.78, 5) is 11.9. The highest BCUT2D eigenvalue weighted by atomic mass is 16.6. The molecule has 1 saturated carbocycles. The molecule has 1 heterocycles. The van der Waals surface area contributed by atoms with Crippen LogP contribution in [0.25, 0.3) is 0 Å². The summed E-state index contributed by atoms with van der Waals surface area (Å²) in [7, 11) is 0. The van der Waals surface area contributed by atoms with E-state index in [0.717, 1.165) is 12.8 Å². The van der Waals surface area contributed by atoms with E-state index in [4.69, 9.17) is 9.47 Å². The molecule has 0 atom stereocenters. The van der Waals surface area contributed by atoms with E-state index in [0.29, 0.717) is 36.3 Å². The lowest BCUT2D eigenvalue weighted by Gasteiger charge is -2.20. The average molecular weight is 219 g/mol. The molecule has 1 N–H and O–H groups in total. The van der Waals surface area contributed by atoms with Gasteiger partial charge in [-0.2, -0.15) is 0 Å². The van der Waals surface area contributed by atoms with Crippen molar-refractivity contribution in [3.8, 4) is 11.5 Å². The van der Waals surface area contributed by atoms with E-state index in [1.165, 1.54) is 0 Å². The molecule has 0 spiro atoms. The smallest absolute Gasteiger partial charge is 0.255 e. The van der Waals surface area contributed by atoms with Crippen molar-refractivity contribution in [2.45, 2.75) is 18.9 Å². The van der Waals surface area contributed by atoms with Crippen LogP contribution in [0, 0.1) is 0 Å². The summed E-state index contributed by atoms with van der Waals surface area (Å²) < 4.78 is 10.9. The van der Waals surface area contributed by atoms with Crippen molar-refractivity contribution < 1.29 is 14.3 Å². The fourth-order valence-corrected chi connectivity index (χ4v) is 1.74. The number of amides is 1. The van der Waals surface area contributed by atoms with Crippen LogP contribution in [0.4, 0.5) is 0 Å². The minimum Gasteiger partial charge on any atom is -0.486 e. The first-order valence-electron chi connectivity index (χ1n) is 5.54. The highest BCUT2D eigenvalue weighted by Gasteiger charge is 2.26. The Morgan fingerprint density at radius 2 is 2.06 bits per heavy atom. The van der Waals surface area contributed by atoms with Crippen LogP contribution in [0.5, 0.6) is 11.5 Å². The summed E-state index contributed by atoms with van der Waals surface area (Å²) in [5, 5.41) is 2.95. The predicted molar refractivity (Wildman–Crippen MR) is 57.9 cm³/mol. The summed E-state index contributed by atoms with van der Waals surface area (Å²) in [6.45, 7) is 1.04. The lowest BCUT2D eigenvalue weighted by Crippen LogP contribution is -2.27. The highest BCUT2D eigenvalue weighted by Crippen LogP contribution is 2.34. The van der Waals surface area contributed by atoms with Crippen LogP contribution in [0.1, 0.15) is 23.2 Å². The number of carbonyl (C=O) groups is 1. The quantitative estimate of drug-likeness (QED) is 0.816. The van der Waals surface area contributed by atoms with Gasteiger partial charge in [-0.25, -0.2) is 0 Å². The third kappa shape index (κ3) is 1.71. The van der Waals surface area contributed by atoms with Gasteiger partial charge in [-0.1, -0.05) is 6.07 Å². The number of para-hydroxylation sites is 1. The van der Waals surface area contributed by atoms with Crippen molar-refractivity contribution in [2.24, 2.45) is 0 Å². The van der Waals surface area contributed by atoms with Crippen molar-refractivity contribution in [3.63, 3.8) is 0 Å². The molecule has 1 aliphatic heterocycles. The van der Waals surface area contributed by atoms with Crippen molar-refractivity contribution in [3.05, 3.63) is 23.8 Å². The number of rotatable bonds is 2. The maximum absolute atomic E-state index is 11.9. The fraction of sp³-hybridized carbons (Fsp3) is 0.417. The minimum atomic E-state index is -0.0650. The molecule has 1 fully saturated rings. The van der Waals surface area contributed by atoms with E-state index in [9.17, 15) is 4.79 Å². The number of hydrogen-bond acceptors (Lipinski definition) is 3. The van der Waals surface area contributed by atoms with E-state index in [2.05, 4.69) is 5.32 Å². The van der Waals surface area contributed by atoms with Gasteiger partial charge in [-0.15, -0.1) is 0 Å². The second-order valence-corrected chi connectivity index (χ2v) is 4.08. The maximum Gasteiger partial charge on any atom is 0.255 e. The zero-order valence-corrected chi connectivity index (χ0v) is 8.86. The Morgan fingerprint density at radius 3 is 2.88 bits per heavy atom. The molecule has 2 aliphatic rings. The third-order valence-electron chi connectivity index (χ3n) is 2.72. The minimum absolute atomic E-state index is 0.0650. The second kappa shape index (κ2) is 3.70. The number of nitrogens with one attached hydrogen (secondary N) is 1. The lowest BCUT2D eigenvalue weighted by atomic mass is 10.1. The SMILES string of the molecule is O=C(NC1CC1)c1cccc2c1OCCO2. The van der Waals surface area contributed by atoms with Gasteiger partial charge in [0.15, 0.2) is 11.5 Å². The van der Waals surface area contributed by atoms with Crippen molar-refractivity contribution >= 4 is 5.91 Å². The van der Waals surface area contributed by atoms with Gasteiger partial charge in [0, 0.05) is 6.04 Å². The first kappa shape index (κ1) is 9.51. The molecular weight excluding hydrogens is 206 g/mol. The predicted octanol–water partition coefficient (Wildman–Crippen LogP) is 1.35. The number of carbonyl (C=O) groups excluding carboxylic acids is 1. The van der Waals surface area contributed by atoms with E-state index in [1.54, 1.807) is 6.07 Å². The Labute approximate surface area is 93.5 Å². The Kier molecular flexibility index (Phi) is 2.20. The molecule has 1 aliphatic carbocycles. The fourth-order valence-electron chi connectivity index (χ4n) is 1.74. The van der Waals surface area contributed by atoms with Gasteiger partial charge in [0.25, 0.3) is 5.91 Å². The third-order valence-corrected chi connectivity index (χ3v) is 2.72. The molecule has 1 aromatic rings. The summed E-state index contributed by atoms with van der Waals surface area (Å²) in [6.07, 6.45) is 2.16. The standard InChI is InChI=1S/C12H13NO3/c14-12(13-8-4-5-8)9-2-1-3-10-11(9)16-7-6-15-10/h1-3,8H,4-7H2,(H,13,14). The second-order valence-electron chi connectivity index (χ2n) is 4.08. The topological polar surface area (TPSA) is 47.6 Å². The molecular formula is C12H13NO3. The molecule has 16 heavy (non-hydrogen) atoms. The summed E-state index contributed by atoms with van der Waals surface area (Å²) in [5.41, 5.74) is 0.573. The Bertz CT molecular complexity index is 426. The van der Waals surface area contributed by atoms with E-state index >= 15 is 0 Å². The highest BCUT2D eigenvalue weighted by molar-refractivity contribution is 5.98. The van der Waals surface area contributed by atoms with E-state index < -0.39 is 0 Å². The molecule has 0 saturated heterocycles. The Hall–Kier alpha value is -1.71. The van der Waals surface area contributed by atoms with Gasteiger partial charge in [0.2, 0.25) is 0 Å². The van der Waals surface area contributed by atoms with E-state index in [-0.39, 0.29) is 5.91 Å². The number of hydrogen-bond donors (Lipinski definition) is 1. The van der Waals surface area contributed by atoms with Crippen LogP contribution in [0.3, 0.4) is 0 Å². The normalized spacial score (nSPS) is 18.0. The van der Waals surface area contributed by atoms with Gasteiger partial charge in [-0.3, -0.25) is 4.79 Å². The molecule has 0 unspecified atom stereocenters. The largest absolute Gasteiger partial charge is 0.486 e. The van der Waals surface area contributed by atoms with Crippen LogP contribution in [0.15, 0.2) is 18.2 Å². The van der Waals surface area contributed by atoms with Crippen LogP contribution in [-0.4, -0.2) is 25.2 Å². The number of ether oxygens (including phenoxy) is 2. The van der Waals surface area contributed by atoms with Gasteiger partial charge >= 0.3 is 0 Å². The van der Waals surface area contributed by atoms with Gasteiger partial charge in [0.05, 0.1) is 5.56 Å². The monoisotopic (exact) mass is 219 g/mol. The summed E-state index contributed by atoms with van der Waals surface area (Å²) >= 11 is 0. The van der Waals surface area contributed by atoms with Crippen molar-refractivity contribution in [1.29, 1.82) is 0 Å². The zero-order chi connectivity index (χ0) is 11.0. The maximum atomic E-state index is 11.9. The van der Waals surface area contributed by atoms with Crippen LogP contribution >= 0.6 is 0 Å². The van der Waals surface area contributed by atoms with Crippen molar-refractivity contribution in [2.75, 3.05) is 13.2 Å². The molecule has 4 nitrogen and oxygen atoms in total. The first-order valence-corrected chi connectivity index (χ1v) is 5.54. The van der Waals surface area contributed by atoms with Crippen LogP contribution in [-0.2, 0) is 0 Å². The number of benzene rings is 1. The van der Waals surface area contributed by atoms with Crippen molar-refractivity contribution in [1.82, 2.24) is 5.32 Å². The first-order chi connectivity index (χ1) is 7.84. The Balaban J connectivity index is 1.89.